The molecule has 0 saturated carbocycles. The molecule has 0 aliphatic rings. The molecule has 0 aliphatic heterocycles. The topological polar surface area (TPSA) is 63.6 Å². The van der Waals surface area contributed by atoms with Gasteiger partial charge in [0.1, 0.15) is 11.0 Å². The minimum absolute atomic E-state index is 0. The summed E-state index contributed by atoms with van der Waals surface area (Å²) in [6.07, 6.45) is 3.59. The zero-order valence-corrected chi connectivity index (χ0v) is 14.5. The second kappa shape index (κ2) is 6.57. The Balaban J connectivity index is 0.00000156. The van der Waals surface area contributed by atoms with Crippen molar-refractivity contribution in [2.45, 2.75) is 6.92 Å². The molecule has 0 saturated heterocycles. The molecule has 1 aromatic carbocycles. The number of aryl methyl sites for hydroxylation is 1. The van der Waals surface area contributed by atoms with Gasteiger partial charge in [-0.2, -0.15) is 8.75 Å². The van der Waals surface area contributed by atoms with Crippen LogP contribution in [-0.4, -0.2) is 18.7 Å². The summed E-state index contributed by atoms with van der Waals surface area (Å²) in [5.74, 6) is 0. The molecule has 0 atom stereocenters. The highest BCUT2D eigenvalue weighted by Crippen LogP contribution is 2.29. The molecule has 8 heteroatoms. The molecule has 116 valence electrons. The van der Waals surface area contributed by atoms with Crippen molar-refractivity contribution in [1.82, 2.24) is 18.7 Å². The number of rotatable bonds is 3. The summed E-state index contributed by atoms with van der Waals surface area (Å²) in [4.78, 5) is 8.78. The van der Waals surface area contributed by atoms with E-state index in [4.69, 9.17) is 0 Å². The Morgan fingerprint density at radius 2 is 1.96 bits per heavy atom. The maximum atomic E-state index is 4.64. The predicted molar refractivity (Wildman–Crippen MR) is 98.0 cm³/mol. The van der Waals surface area contributed by atoms with E-state index in [1.54, 1.807) is 17.5 Å². The number of fused-ring (bicyclic) bond motifs is 1. The molecule has 1 N–H and O–H groups in total. The molecular formula is C15H12ClN5S2. The van der Waals surface area contributed by atoms with Gasteiger partial charge < -0.3 is 5.32 Å². The number of thiazole rings is 1. The van der Waals surface area contributed by atoms with Crippen LogP contribution in [0.2, 0.25) is 0 Å². The van der Waals surface area contributed by atoms with Crippen LogP contribution >= 0.6 is 35.5 Å². The van der Waals surface area contributed by atoms with E-state index in [-0.39, 0.29) is 12.4 Å². The molecule has 0 bridgehead atoms. The fourth-order valence-corrected chi connectivity index (χ4v) is 3.36. The average Bonchev–Trinajstić information content (AvgIpc) is 3.17. The first-order valence-corrected chi connectivity index (χ1v) is 8.26. The molecule has 0 radical (unpaired) electrons. The predicted octanol–water partition coefficient (Wildman–Crippen LogP) is 4.68. The molecule has 5 nitrogen and oxygen atoms in total. The second-order valence-electron chi connectivity index (χ2n) is 4.82. The van der Waals surface area contributed by atoms with E-state index in [1.165, 1.54) is 11.7 Å². The Morgan fingerprint density at radius 1 is 1.09 bits per heavy atom. The van der Waals surface area contributed by atoms with Crippen molar-refractivity contribution in [2.75, 3.05) is 5.32 Å². The summed E-state index contributed by atoms with van der Waals surface area (Å²) in [7, 11) is 0. The van der Waals surface area contributed by atoms with E-state index in [9.17, 15) is 0 Å². The SMILES string of the molecule is Cc1ccncc1Nc1nc(-c2ccc3nsnc3c2)cs1.Cl. The number of nitrogens with one attached hydrogen (secondary N) is 1. The van der Waals surface area contributed by atoms with Gasteiger partial charge in [-0.1, -0.05) is 6.07 Å². The summed E-state index contributed by atoms with van der Waals surface area (Å²) < 4.78 is 8.49. The number of halogens is 1. The first-order valence-electron chi connectivity index (χ1n) is 6.65. The van der Waals surface area contributed by atoms with Crippen molar-refractivity contribution >= 4 is 57.3 Å². The molecule has 0 fully saturated rings. The van der Waals surface area contributed by atoms with E-state index in [0.29, 0.717) is 0 Å². The van der Waals surface area contributed by atoms with E-state index < -0.39 is 0 Å². The van der Waals surface area contributed by atoms with Crippen molar-refractivity contribution in [3.05, 3.63) is 47.6 Å². The smallest absolute Gasteiger partial charge is 0.187 e. The number of pyridine rings is 1. The number of benzene rings is 1. The monoisotopic (exact) mass is 361 g/mol. The Bertz CT molecular complexity index is 950. The Kier molecular flexibility index (Phi) is 4.51. The molecule has 0 aliphatic carbocycles. The number of hydrogen-bond acceptors (Lipinski definition) is 7. The maximum Gasteiger partial charge on any atom is 0.187 e. The van der Waals surface area contributed by atoms with E-state index in [0.717, 1.165) is 38.7 Å². The summed E-state index contributed by atoms with van der Waals surface area (Å²) in [5, 5.41) is 6.20. The molecule has 23 heavy (non-hydrogen) atoms. The highest BCUT2D eigenvalue weighted by molar-refractivity contribution is 7.14. The third-order valence-electron chi connectivity index (χ3n) is 3.33. The highest BCUT2D eigenvalue weighted by atomic mass is 35.5. The van der Waals surface area contributed by atoms with E-state index in [1.807, 2.05) is 42.8 Å². The van der Waals surface area contributed by atoms with E-state index >= 15 is 0 Å². The van der Waals surface area contributed by atoms with Crippen molar-refractivity contribution in [1.29, 1.82) is 0 Å². The summed E-state index contributed by atoms with van der Waals surface area (Å²) in [6, 6.07) is 8.00. The lowest BCUT2D eigenvalue weighted by molar-refractivity contribution is 1.27. The number of anilines is 2. The standard InChI is InChI=1S/C15H11N5S2.ClH/c1-9-4-5-16-7-13(9)17-15-18-14(8-21-15)10-2-3-11-12(6-10)20-22-19-11;/h2-8H,1H3,(H,17,18);1H. The lowest BCUT2D eigenvalue weighted by atomic mass is 10.1. The quantitative estimate of drug-likeness (QED) is 0.573. The second-order valence-corrected chi connectivity index (χ2v) is 6.21. The van der Waals surface area contributed by atoms with Crippen molar-refractivity contribution in [3.63, 3.8) is 0 Å². The fourth-order valence-electron chi connectivity index (χ4n) is 2.12. The molecular weight excluding hydrogens is 350 g/mol. The number of nitrogens with zero attached hydrogens (tertiary/aromatic N) is 4. The van der Waals surface area contributed by atoms with Crippen molar-refractivity contribution < 1.29 is 0 Å². The Hall–Kier alpha value is -2.09. The van der Waals surface area contributed by atoms with Crippen molar-refractivity contribution in [2.24, 2.45) is 0 Å². The third-order valence-corrected chi connectivity index (χ3v) is 4.65. The fraction of sp³-hybridized carbons (Fsp3) is 0.0667. The number of aromatic nitrogens is 4. The van der Waals surface area contributed by atoms with Gasteiger partial charge in [0.25, 0.3) is 0 Å². The summed E-state index contributed by atoms with van der Waals surface area (Å²) in [6.45, 7) is 2.04. The molecule has 4 rings (SSSR count). The Morgan fingerprint density at radius 3 is 2.83 bits per heavy atom. The normalized spacial score (nSPS) is 10.5. The largest absolute Gasteiger partial charge is 0.330 e. The molecule has 0 amide bonds. The zero-order chi connectivity index (χ0) is 14.9. The molecule has 0 unspecified atom stereocenters. The lowest BCUT2D eigenvalue weighted by Gasteiger charge is -2.04. The van der Waals surface area contributed by atoms with Crippen LogP contribution < -0.4 is 5.32 Å². The minimum Gasteiger partial charge on any atom is -0.330 e. The molecule has 3 heterocycles. The van der Waals surface area contributed by atoms with Gasteiger partial charge in [0.2, 0.25) is 0 Å². The summed E-state index contributed by atoms with van der Waals surface area (Å²) in [5.41, 5.74) is 5.93. The van der Waals surface area contributed by atoms with Crippen LogP contribution in [0.1, 0.15) is 5.56 Å². The number of hydrogen-bond donors (Lipinski definition) is 1. The van der Waals surface area contributed by atoms with Gasteiger partial charge >= 0.3 is 0 Å². The molecule has 4 aromatic rings. The first-order chi connectivity index (χ1) is 10.8. The third kappa shape index (κ3) is 3.17. The van der Waals surface area contributed by atoms with Crippen LogP contribution in [0.5, 0.6) is 0 Å². The average molecular weight is 362 g/mol. The minimum atomic E-state index is 0. The van der Waals surface area contributed by atoms with Crippen LogP contribution in [0.15, 0.2) is 42.0 Å². The van der Waals surface area contributed by atoms with Gasteiger partial charge in [0, 0.05) is 17.1 Å². The summed E-state index contributed by atoms with van der Waals surface area (Å²) >= 11 is 2.80. The maximum absolute atomic E-state index is 4.64. The van der Waals surface area contributed by atoms with Crippen molar-refractivity contribution in [3.8, 4) is 11.3 Å². The first kappa shape index (κ1) is 15.8. The van der Waals surface area contributed by atoms with Gasteiger partial charge in [-0.25, -0.2) is 4.98 Å². The van der Waals surface area contributed by atoms with Crippen LogP contribution in [0.3, 0.4) is 0 Å². The van der Waals surface area contributed by atoms with Gasteiger partial charge in [-0.15, -0.1) is 23.7 Å². The molecule has 0 spiro atoms. The lowest BCUT2D eigenvalue weighted by Crippen LogP contribution is -1.93. The van der Waals surface area contributed by atoms with Gasteiger partial charge in [-0.05, 0) is 30.7 Å². The Labute approximate surface area is 147 Å². The van der Waals surface area contributed by atoms with Crippen LogP contribution in [0.4, 0.5) is 10.8 Å². The van der Waals surface area contributed by atoms with Crippen LogP contribution in [0.25, 0.3) is 22.3 Å². The van der Waals surface area contributed by atoms with E-state index in [2.05, 4.69) is 24.0 Å². The van der Waals surface area contributed by atoms with Crippen LogP contribution in [-0.2, 0) is 0 Å². The van der Waals surface area contributed by atoms with Gasteiger partial charge in [0.15, 0.2) is 5.13 Å². The van der Waals surface area contributed by atoms with Crippen LogP contribution in [0, 0.1) is 6.92 Å². The highest BCUT2D eigenvalue weighted by Gasteiger charge is 2.08. The molecule has 3 aromatic heterocycles. The van der Waals surface area contributed by atoms with Gasteiger partial charge in [0.05, 0.1) is 29.3 Å². The zero-order valence-electron chi connectivity index (χ0n) is 12.1. The van der Waals surface area contributed by atoms with Gasteiger partial charge in [-0.3, -0.25) is 4.98 Å².